The van der Waals surface area contributed by atoms with Crippen LogP contribution in [-0.2, 0) is 9.53 Å². The molecule has 1 aliphatic heterocycles. The van der Waals surface area contributed by atoms with E-state index in [9.17, 15) is 4.79 Å². The van der Waals surface area contributed by atoms with Gasteiger partial charge in [0.2, 0.25) is 0 Å². The Labute approximate surface area is 64.6 Å². The van der Waals surface area contributed by atoms with Crippen LogP contribution in [0.25, 0.3) is 0 Å². The molecule has 3 N–H and O–H groups in total. The summed E-state index contributed by atoms with van der Waals surface area (Å²) in [6.45, 7) is 0.628. The molecule has 1 unspecified atom stereocenters. The van der Waals surface area contributed by atoms with Crippen molar-refractivity contribution in [3.05, 3.63) is 11.8 Å². The van der Waals surface area contributed by atoms with Crippen molar-refractivity contribution in [2.45, 2.75) is 18.9 Å². The average Bonchev–Trinajstić information content (AvgIpc) is 2.35. The highest BCUT2D eigenvalue weighted by atomic mass is 16.5. The predicted molar refractivity (Wildman–Crippen MR) is 38.9 cm³/mol. The summed E-state index contributed by atoms with van der Waals surface area (Å²) in [6, 6.07) is -0.477. The number of aliphatic carboxylic acids is 1. The molecule has 0 aromatic carbocycles. The summed E-state index contributed by atoms with van der Waals surface area (Å²) >= 11 is 0. The minimum Gasteiger partial charge on any atom is -0.496 e. The number of carboxylic acid groups (broad SMARTS) is 1. The Kier molecular flexibility index (Phi) is 2.48. The van der Waals surface area contributed by atoms with Gasteiger partial charge in [0, 0.05) is 6.42 Å². The molecule has 0 saturated carbocycles. The minimum absolute atomic E-state index is 0.0637. The van der Waals surface area contributed by atoms with Gasteiger partial charge in [-0.15, -0.1) is 0 Å². The van der Waals surface area contributed by atoms with Gasteiger partial charge in [-0.1, -0.05) is 0 Å². The van der Waals surface area contributed by atoms with Gasteiger partial charge in [-0.05, 0) is 6.08 Å². The van der Waals surface area contributed by atoms with Crippen LogP contribution >= 0.6 is 0 Å². The fourth-order valence-electron chi connectivity index (χ4n) is 0.984. The van der Waals surface area contributed by atoms with Gasteiger partial charge in [0.1, 0.15) is 5.76 Å². The van der Waals surface area contributed by atoms with Crippen LogP contribution in [0, 0.1) is 0 Å². The van der Waals surface area contributed by atoms with Crippen molar-refractivity contribution < 1.29 is 14.6 Å². The Balaban J connectivity index is 2.40. The SMILES string of the molecule is NC(CC(=O)O)C1=CCCO1. The summed E-state index contributed by atoms with van der Waals surface area (Å²) in [5, 5.41) is 8.38. The fourth-order valence-corrected chi connectivity index (χ4v) is 0.984. The van der Waals surface area contributed by atoms with Gasteiger partial charge >= 0.3 is 5.97 Å². The number of nitrogens with two attached hydrogens (primary N) is 1. The van der Waals surface area contributed by atoms with Gasteiger partial charge in [-0.2, -0.15) is 0 Å². The molecule has 0 spiro atoms. The van der Waals surface area contributed by atoms with E-state index in [1.165, 1.54) is 0 Å². The summed E-state index contributed by atoms with van der Waals surface area (Å²) in [4.78, 5) is 10.2. The van der Waals surface area contributed by atoms with Crippen LogP contribution in [0.4, 0.5) is 0 Å². The Morgan fingerprint density at radius 1 is 1.91 bits per heavy atom. The largest absolute Gasteiger partial charge is 0.496 e. The zero-order valence-corrected chi connectivity index (χ0v) is 6.12. The van der Waals surface area contributed by atoms with Crippen molar-refractivity contribution in [3.63, 3.8) is 0 Å². The maximum Gasteiger partial charge on any atom is 0.305 e. The van der Waals surface area contributed by atoms with Crippen molar-refractivity contribution in [3.8, 4) is 0 Å². The maximum absolute atomic E-state index is 10.2. The molecular formula is C7H11NO3. The first-order chi connectivity index (χ1) is 5.20. The van der Waals surface area contributed by atoms with E-state index >= 15 is 0 Å². The molecule has 1 heterocycles. The normalized spacial score (nSPS) is 18.8. The van der Waals surface area contributed by atoms with Crippen LogP contribution in [0.1, 0.15) is 12.8 Å². The molecule has 1 aliphatic rings. The third kappa shape index (κ3) is 2.23. The molecule has 0 fully saturated rings. The van der Waals surface area contributed by atoms with E-state index in [4.69, 9.17) is 15.6 Å². The van der Waals surface area contributed by atoms with Gasteiger partial charge in [-0.25, -0.2) is 0 Å². The lowest BCUT2D eigenvalue weighted by Crippen LogP contribution is -2.26. The number of ether oxygens (including phenoxy) is 1. The molecule has 0 amide bonds. The molecule has 0 saturated heterocycles. The van der Waals surface area contributed by atoms with E-state index in [1.807, 2.05) is 6.08 Å². The highest BCUT2D eigenvalue weighted by Gasteiger charge is 2.16. The number of hydrogen-bond acceptors (Lipinski definition) is 3. The number of carboxylic acids is 1. The van der Waals surface area contributed by atoms with Crippen molar-refractivity contribution in [1.82, 2.24) is 0 Å². The molecule has 62 valence electrons. The van der Waals surface area contributed by atoms with Crippen LogP contribution in [0.5, 0.6) is 0 Å². The van der Waals surface area contributed by atoms with E-state index in [2.05, 4.69) is 0 Å². The standard InChI is InChI=1S/C7H11NO3/c8-5(4-7(9)10)6-2-1-3-11-6/h2,5H,1,3-4,8H2,(H,9,10). The number of rotatable bonds is 3. The second-order valence-corrected chi connectivity index (χ2v) is 2.45. The van der Waals surface area contributed by atoms with Crippen LogP contribution in [-0.4, -0.2) is 23.7 Å². The van der Waals surface area contributed by atoms with E-state index in [-0.39, 0.29) is 6.42 Å². The Hall–Kier alpha value is -1.03. The predicted octanol–water partition coefficient (Wildman–Crippen LogP) is 0.0926. The summed E-state index contributed by atoms with van der Waals surface area (Å²) in [5.41, 5.74) is 5.51. The Bertz CT molecular complexity index is 188. The summed E-state index contributed by atoms with van der Waals surface area (Å²) < 4.78 is 5.09. The van der Waals surface area contributed by atoms with E-state index in [1.54, 1.807) is 0 Å². The molecule has 4 nitrogen and oxygen atoms in total. The zero-order valence-electron chi connectivity index (χ0n) is 6.12. The lowest BCUT2D eigenvalue weighted by atomic mass is 10.2. The second kappa shape index (κ2) is 3.39. The third-order valence-corrected chi connectivity index (χ3v) is 1.49. The molecular weight excluding hydrogens is 146 g/mol. The first-order valence-corrected chi connectivity index (χ1v) is 3.50. The molecule has 4 heteroatoms. The Morgan fingerprint density at radius 2 is 2.64 bits per heavy atom. The molecule has 0 aromatic rings. The quantitative estimate of drug-likeness (QED) is 0.609. The molecule has 0 aliphatic carbocycles. The van der Waals surface area contributed by atoms with Crippen molar-refractivity contribution >= 4 is 5.97 Å². The van der Waals surface area contributed by atoms with Crippen molar-refractivity contribution in [1.29, 1.82) is 0 Å². The third-order valence-electron chi connectivity index (χ3n) is 1.49. The fraction of sp³-hybridized carbons (Fsp3) is 0.571. The zero-order chi connectivity index (χ0) is 8.27. The van der Waals surface area contributed by atoms with Gasteiger partial charge in [-0.3, -0.25) is 4.79 Å². The van der Waals surface area contributed by atoms with E-state index in [0.29, 0.717) is 12.4 Å². The molecule has 11 heavy (non-hydrogen) atoms. The lowest BCUT2D eigenvalue weighted by molar-refractivity contribution is -0.137. The average molecular weight is 157 g/mol. The van der Waals surface area contributed by atoms with Gasteiger partial charge in [0.25, 0.3) is 0 Å². The topological polar surface area (TPSA) is 72.6 Å². The number of carbonyl (C=O) groups is 1. The highest BCUT2D eigenvalue weighted by molar-refractivity contribution is 5.68. The minimum atomic E-state index is -0.895. The molecule has 0 radical (unpaired) electrons. The monoisotopic (exact) mass is 157 g/mol. The maximum atomic E-state index is 10.2. The first kappa shape index (κ1) is 8.07. The highest BCUT2D eigenvalue weighted by Crippen LogP contribution is 2.13. The smallest absolute Gasteiger partial charge is 0.305 e. The van der Waals surface area contributed by atoms with Crippen LogP contribution in [0.2, 0.25) is 0 Å². The van der Waals surface area contributed by atoms with E-state index in [0.717, 1.165) is 6.42 Å². The molecule has 1 atom stereocenters. The number of hydrogen-bond donors (Lipinski definition) is 2. The van der Waals surface area contributed by atoms with Crippen LogP contribution in [0.15, 0.2) is 11.8 Å². The van der Waals surface area contributed by atoms with Crippen LogP contribution in [0.3, 0.4) is 0 Å². The summed E-state index contributed by atoms with van der Waals surface area (Å²) in [6.07, 6.45) is 2.61. The van der Waals surface area contributed by atoms with Gasteiger partial charge in [0.05, 0.1) is 19.1 Å². The van der Waals surface area contributed by atoms with Gasteiger partial charge in [0.15, 0.2) is 0 Å². The summed E-state index contributed by atoms with van der Waals surface area (Å²) in [7, 11) is 0. The van der Waals surface area contributed by atoms with E-state index < -0.39 is 12.0 Å². The van der Waals surface area contributed by atoms with Crippen LogP contribution < -0.4 is 5.73 Å². The first-order valence-electron chi connectivity index (χ1n) is 3.50. The Morgan fingerprint density at radius 3 is 3.09 bits per heavy atom. The second-order valence-electron chi connectivity index (χ2n) is 2.45. The molecule has 1 rings (SSSR count). The van der Waals surface area contributed by atoms with Crippen molar-refractivity contribution in [2.24, 2.45) is 5.73 Å². The molecule has 0 aromatic heterocycles. The van der Waals surface area contributed by atoms with Crippen molar-refractivity contribution in [2.75, 3.05) is 6.61 Å². The molecule has 0 bridgehead atoms. The van der Waals surface area contributed by atoms with Gasteiger partial charge < -0.3 is 15.6 Å². The summed E-state index contributed by atoms with van der Waals surface area (Å²) in [5.74, 6) is -0.277. The lowest BCUT2D eigenvalue weighted by Gasteiger charge is -2.09.